The van der Waals surface area contributed by atoms with Crippen LogP contribution in [0.1, 0.15) is 32.6 Å². The smallest absolute Gasteiger partial charge is 0.303 e. The van der Waals surface area contributed by atoms with E-state index in [1.165, 1.54) is 0 Å². The monoisotopic (exact) mass is 254 g/mol. The van der Waals surface area contributed by atoms with Crippen LogP contribution in [0.5, 0.6) is 0 Å². The number of nitrogens with zero attached hydrogens (tertiary/aromatic N) is 1. The Hall–Kier alpha value is -1.10. The Balaban J connectivity index is 1.82. The Bertz CT molecular complexity index is 324. The Morgan fingerprint density at radius 2 is 1.94 bits per heavy atom. The molecule has 102 valence electrons. The maximum Gasteiger partial charge on any atom is 0.303 e. The van der Waals surface area contributed by atoms with Crippen molar-refractivity contribution in [3.05, 3.63) is 0 Å². The highest BCUT2D eigenvalue weighted by atomic mass is 16.4. The zero-order chi connectivity index (χ0) is 13.1. The number of carboxylic acids is 1. The van der Waals surface area contributed by atoms with Gasteiger partial charge in [0.25, 0.3) is 0 Å². The summed E-state index contributed by atoms with van der Waals surface area (Å²) in [6.07, 6.45) is 2.82. The molecule has 2 fully saturated rings. The molecule has 2 unspecified atom stereocenters. The molecular weight excluding hydrogens is 232 g/mol. The molecule has 18 heavy (non-hydrogen) atoms. The van der Waals surface area contributed by atoms with Gasteiger partial charge in [0.1, 0.15) is 0 Å². The molecule has 0 spiro atoms. The number of carbonyl (C=O) groups is 2. The van der Waals surface area contributed by atoms with Crippen LogP contribution >= 0.6 is 0 Å². The van der Waals surface area contributed by atoms with E-state index in [1.807, 2.05) is 4.90 Å². The average Bonchev–Trinajstić information content (AvgIpc) is 2.75. The molecule has 2 aliphatic heterocycles. The fourth-order valence-electron chi connectivity index (χ4n) is 3.04. The first-order chi connectivity index (χ1) is 8.58. The van der Waals surface area contributed by atoms with Crippen LogP contribution in [-0.2, 0) is 9.59 Å². The van der Waals surface area contributed by atoms with Crippen LogP contribution in [0.15, 0.2) is 0 Å². The van der Waals surface area contributed by atoms with Crippen molar-refractivity contribution in [1.82, 2.24) is 10.2 Å². The lowest BCUT2D eigenvalue weighted by molar-refractivity contribution is -0.139. The van der Waals surface area contributed by atoms with Gasteiger partial charge in [0.05, 0.1) is 5.92 Å². The Kier molecular flexibility index (Phi) is 4.22. The van der Waals surface area contributed by atoms with E-state index in [-0.39, 0.29) is 30.2 Å². The number of carboxylic acid groups (broad SMARTS) is 1. The number of likely N-dealkylation sites (tertiary alicyclic amines) is 1. The minimum Gasteiger partial charge on any atom is -0.481 e. The van der Waals surface area contributed by atoms with Gasteiger partial charge >= 0.3 is 5.97 Å². The van der Waals surface area contributed by atoms with Crippen molar-refractivity contribution in [2.24, 2.45) is 11.8 Å². The fraction of sp³-hybridized carbons (Fsp3) is 0.846. The molecule has 2 aliphatic rings. The molecule has 0 radical (unpaired) electrons. The maximum atomic E-state index is 12.3. The van der Waals surface area contributed by atoms with E-state index < -0.39 is 5.97 Å². The quantitative estimate of drug-likeness (QED) is 0.778. The lowest BCUT2D eigenvalue weighted by Gasteiger charge is -2.33. The number of nitrogens with one attached hydrogen (secondary N) is 1. The van der Waals surface area contributed by atoms with Crippen LogP contribution in [-0.4, -0.2) is 47.6 Å². The summed E-state index contributed by atoms with van der Waals surface area (Å²) >= 11 is 0. The number of amides is 1. The topological polar surface area (TPSA) is 69.6 Å². The summed E-state index contributed by atoms with van der Waals surface area (Å²) in [5.41, 5.74) is 0. The number of hydrogen-bond donors (Lipinski definition) is 2. The molecule has 2 atom stereocenters. The molecule has 0 aromatic rings. The van der Waals surface area contributed by atoms with Gasteiger partial charge in [-0.2, -0.15) is 0 Å². The minimum atomic E-state index is -0.728. The fourth-order valence-corrected chi connectivity index (χ4v) is 3.04. The number of hydrogen-bond acceptors (Lipinski definition) is 3. The highest BCUT2D eigenvalue weighted by molar-refractivity contribution is 5.80. The zero-order valence-electron chi connectivity index (χ0n) is 10.9. The summed E-state index contributed by atoms with van der Waals surface area (Å²) < 4.78 is 0. The van der Waals surface area contributed by atoms with Crippen LogP contribution in [0.2, 0.25) is 0 Å². The van der Waals surface area contributed by atoms with Gasteiger partial charge in [0.15, 0.2) is 0 Å². The van der Waals surface area contributed by atoms with Gasteiger partial charge < -0.3 is 15.3 Å². The molecule has 0 aliphatic carbocycles. The van der Waals surface area contributed by atoms with Crippen molar-refractivity contribution in [1.29, 1.82) is 0 Å². The van der Waals surface area contributed by atoms with Crippen LogP contribution < -0.4 is 5.32 Å². The van der Waals surface area contributed by atoms with Gasteiger partial charge in [0.2, 0.25) is 5.91 Å². The van der Waals surface area contributed by atoms with E-state index in [0.29, 0.717) is 0 Å². The standard InChI is InChI=1S/C13H22N2O3/c1-9-11(2-5-14-9)13(18)15-6-3-10(4-7-15)8-12(16)17/h9-11,14H,2-8H2,1H3,(H,16,17). The van der Waals surface area contributed by atoms with Crippen molar-refractivity contribution < 1.29 is 14.7 Å². The van der Waals surface area contributed by atoms with Gasteiger partial charge in [0, 0.05) is 25.6 Å². The van der Waals surface area contributed by atoms with E-state index in [4.69, 9.17) is 5.11 Å². The predicted molar refractivity (Wildman–Crippen MR) is 67.1 cm³/mol. The lowest BCUT2D eigenvalue weighted by atomic mass is 9.92. The van der Waals surface area contributed by atoms with E-state index in [0.717, 1.165) is 38.9 Å². The highest BCUT2D eigenvalue weighted by Gasteiger charge is 2.34. The van der Waals surface area contributed by atoms with Gasteiger partial charge in [-0.25, -0.2) is 0 Å². The van der Waals surface area contributed by atoms with Crippen molar-refractivity contribution in [3.8, 4) is 0 Å². The molecule has 0 aromatic carbocycles. The molecular formula is C13H22N2O3. The van der Waals surface area contributed by atoms with Crippen LogP contribution in [0, 0.1) is 11.8 Å². The van der Waals surface area contributed by atoms with E-state index in [1.54, 1.807) is 0 Å². The van der Waals surface area contributed by atoms with Crippen LogP contribution in [0.3, 0.4) is 0 Å². The molecule has 5 heteroatoms. The first-order valence-electron chi connectivity index (χ1n) is 6.82. The first kappa shape index (κ1) is 13.3. The highest BCUT2D eigenvalue weighted by Crippen LogP contribution is 2.24. The van der Waals surface area contributed by atoms with Crippen molar-refractivity contribution in [2.45, 2.75) is 38.6 Å². The summed E-state index contributed by atoms with van der Waals surface area (Å²) in [6.45, 7) is 4.43. The van der Waals surface area contributed by atoms with E-state index in [9.17, 15) is 9.59 Å². The van der Waals surface area contributed by atoms with Crippen LogP contribution in [0.25, 0.3) is 0 Å². The van der Waals surface area contributed by atoms with Crippen molar-refractivity contribution in [3.63, 3.8) is 0 Å². The average molecular weight is 254 g/mol. The van der Waals surface area contributed by atoms with Crippen molar-refractivity contribution in [2.75, 3.05) is 19.6 Å². The van der Waals surface area contributed by atoms with Crippen LogP contribution in [0.4, 0.5) is 0 Å². The third-order valence-electron chi connectivity index (χ3n) is 4.23. The van der Waals surface area contributed by atoms with Gasteiger partial charge in [-0.15, -0.1) is 0 Å². The second-order valence-corrected chi connectivity index (χ2v) is 5.50. The lowest BCUT2D eigenvalue weighted by Crippen LogP contribution is -2.44. The molecule has 2 heterocycles. The maximum absolute atomic E-state index is 12.3. The van der Waals surface area contributed by atoms with E-state index >= 15 is 0 Å². The molecule has 2 saturated heterocycles. The number of aliphatic carboxylic acids is 1. The van der Waals surface area contributed by atoms with Gasteiger partial charge in [-0.05, 0) is 38.6 Å². The minimum absolute atomic E-state index is 0.112. The van der Waals surface area contributed by atoms with Gasteiger partial charge in [-0.1, -0.05) is 0 Å². The third-order valence-corrected chi connectivity index (χ3v) is 4.23. The molecule has 0 aromatic heterocycles. The first-order valence-corrected chi connectivity index (χ1v) is 6.82. The summed E-state index contributed by atoms with van der Waals surface area (Å²) in [5.74, 6) is -0.124. The third kappa shape index (κ3) is 3.02. The molecule has 0 saturated carbocycles. The Morgan fingerprint density at radius 3 is 2.44 bits per heavy atom. The zero-order valence-corrected chi connectivity index (χ0v) is 10.9. The van der Waals surface area contributed by atoms with Gasteiger partial charge in [-0.3, -0.25) is 9.59 Å². The predicted octanol–water partition coefficient (Wildman–Crippen LogP) is 0.698. The normalized spacial score (nSPS) is 29.5. The SMILES string of the molecule is CC1NCCC1C(=O)N1CCC(CC(=O)O)CC1. The number of piperidine rings is 1. The van der Waals surface area contributed by atoms with E-state index in [2.05, 4.69) is 12.2 Å². The Labute approximate surface area is 108 Å². The Morgan fingerprint density at radius 1 is 1.28 bits per heavy atom. The largest absolute Gasteiger partial charge is 0.481 e. The molecule has 1 amide bonds. The number of rotatable bonds is 3. The number of carbonyl (C=O) groups excluding carboxylic acids is 1. The summed E-state index contributed by atoms with van der Waals surface area (Å²) in [5, 5.41) is 12.1. The molecule has 2 N–H and O–H groups in total. The van der Waals surface area contributed by atoms with Crippen molar-refractivity contribution >= 4 is 11.9 Å². The molecule has 2 rings (SSSR count). The molecule has 0 bridgehead atoms. The summed E-state index contributed by atoms with van der Waals surface area (Å²) in [6, 6.07) is 0.272. The summed E-state index contributed by atoms with van der Waals surface area (Å²) in [4.78, 5) is 24.9. The molecule has 5 nitrogen and oxygen atoms in total. The second-order valence-electron chi connectivity index (χ2n) is 5.50. The second kappa shape index (κ2) is 5.69. The summed E-state index contributed by atoms with van der Waals surface area (Å²) in [7, 11) is 0.